The lowest BCUT2D eigenvalue weighted by atomic mass is 10.2. The van der Waals surface area contributed by atoms with Gasteiger partial charge in [-0.2, -0.15) is 0 Å². The van der Waals surface area contributed by atoms with Crippen LogP contribution in [0.3, 0.4) is 0 Å². The van der Waals surface area contributed by atoms with Crippen LogP contribution in [0.4, 0.5) is 4.39 Å². The van der Waals surface area contributed by atoms with E-state index in [2.05, 4.69) is 21.2 Å². The molecule has 1 N–H and O–H groups in total. The number of fused-ring (bicyclic) bond motifs is 1. The molecule has 130 valence electrons. The van der Waals surface area contributed by atoms with Crippen LogP contribution in [0.15, 0.2) is 40.9 Å². The average Bonchev–Trinajstić information content (AvgIpc) is 3.05. The summed E-state index contributed by atoms with van der Waals surface area (Å²) in [6, 6.07) is 9.24. The highest BCUT2D eigenvalue weighted by molar-refractivity contribution is 9.10. The molecule has 0 radical (unpaired) electrons. The lowest BCUT2D eigenvalue weighted by Gasteiger charge is -2.08. The lowest BCUT2D eigenvalue weighted by molar-refractivity contribution is -0.124. The average molecular weight is 410 g/mol. The molecule has 1 aliphatic rings. The number of benzene rings is 2. The molecule has 0 fully saturated rings. The highest BCUT2D eigenvalue weighted by atomic mass is 79.9. The second-order valence-corrected chi connectivity index (χ2v) is 6.08. The number of rotatable bonds is 5. The van der Waals surface area contributed by atoms with Crippen LogP contribution < -0.4 is 14.8 Å². The molecule has 0 aliphatic carbocycles. The van der Waals surface area contributed by atoms with Gasteiger partial charge in [0.25, 0.3) is 5.91 Å². The van der Waals surface area contributed by atoms with Gasteiger partial charge in [-0.25, -0.2) is 9.18 Å². The van der Waals surface area contributed by atoms with Crippen LogP contribution in [-0.2, 0) is 16.1 Å². The van der Waals surface area contributed by atoms with E-state index in [1.54, 1.807) is 18.2 Å². The number of amides is 1. The molecule has 0 atom stereocenters. The van der Waals surface area contributed by atoms with Crippen molar-refractivity contribution in [1.82, 2.24) is 5.32 Å². The highest BCUT2D eigenvalue weighted by Crippen LogP contribution is 2.32. The zero-order chi connectivity index (χ0) is 17.8. The summed E-state index contributed by atoms with van der Waals surface area (Å²) in [6.45, 7) is -0.0910. The van der Waals surface area contributed by atoms with Crippen LogP contribution in [0, 0.1) is 5.82 Å². The van der Waals surface area contributed by atoms with E-state index >= 15 is 0 Å². The molecule has 1 heterocycles. The van der Waals surface area contributed by atoms with Gasteiger partial charge in [-0.3, -0.25) is 4.79 Å². The van der Waals surface area contributed by atoms with Crippen molar-refractivity contribution >= 4 is 27.8 Å². The Morgan fingerprint density at radius 2 is 1.96 bits per heavy atom. The second-order valence-electron chi connectivity index (χ2n) is 5.16. The van der Waals surface area contributed by atoms with E-state index in [0.717, 1.165) is 11.6 Å². The molecule has 0 bridgehead atoms. The van der Waals surface area contributed by atoms with Gasteiger partial charge in [0.1, 0.15) is 5.82 Å². The first-order valence-corrected chi connectivity index (χ1v) is 8.09. The molecule has 3 rings (SSSR count). The number of hydrogen-bond donors (Lipinski definition) is 1. The zero-order valence-corrected chi connectivity index (χ0v) is 14.5. The normalized spacial score (nSPS) is 11.9. The van der Waals surface area contributed by atoms with Crippen LogP contribution in [-0.4, -0.2) is 25.3 Å². The van der Waals surface area contributed by atoms with E-state index in [1.165, 1.54) is 12.1 Å². The molecule has 6 nitrogen and oxygen atoms in total. The second kappa shape index (κ2) is 7.52. The number of nitrogens with one attached hydrogen (secondary N) is 1. The zero-order valence-electron chi connectivity index (χ0n) is 12.9. The Balaban J connectivity index is 1.48. The topological polar surface area (TPSA) is 73.9 Å². The van der Waals surface area contributed by atoms with Crippen LogP contribution in [0.5, 0.6) is 11.5 Å². The van der Waals surface area contributed by atoms with Crippen molar-refractivity contribution in [3.8, 4) is 11.5 Å². The molecule has 2 aromatic carbocycles. The van der Waals surface area contributed by atoms with Gasteiger partial charge in [0, 0.05) is 11.0 Å². The standard InChI is InChI=1S/C17H13BrFNO5/c18-11-2-3-12(13(19)6-11)17(22)23-8-16(21)20-7-10-1-4-14-15(5-10)25-9-24-14/h1-6H,7-9H2,(H,20,21). The molecule has 1 aliphatic heterocycles. The molecule has 0 unspecified atom stereocenters. The summed E-state index contributed by atoms with van der Waals surface area (Å²) >= 11 is 3.10. The van der Waals surface area contributed by atoms with Crippen LogP contribution >= 0.6 is 15.9 Å². The van der Waals surface area contributed by atoms with Gasteiger partial charge in [-0.15, -0.1) is 0 Å². The van der Waals surface area contributed by atoms with Crippen molar-refractivity contribution in [2.24, 2.45) is 0 Å². The summed E-state index contributed by atoms with van der Waals surface area (Å²) in [4.78, 5) is 23.6. The minimum absolute atomic E-state index is 0.174. The van der Waals surface area contributed by atoms with Crippen molar-refractivity contribution in [3.63, 3.8) is 0 Å². The third kappa shape index (κ3) is 4.27. The summed E-state index contributed by atoms with van der Waals surface area (Å²) in [6.07, 6.45) is 0. The Morgan fingerprint density at radius 1 is 1.16 bits per heavy atom. The fraction of sp³-hybridized carbons (Fsp3) is 0.176. The van der Waals surface area contributed by atoms with Gasteiger partial charge in [0.05, 0.1) is 5.56 Å². The third-order valence-corrected chi connectivity index (χ3v) is 3.91. The maximum absolute atomic E-state index is 13.7. The molecule has 0 aromatic heterocycles. The minimum atomic E-state index is -0.900. The number of esters is 1. The predicted molar refractivity (Wildman–Crippen MR) is 88.8 cm³/mol. The molecular weight excluding hydrogens is 397 g/mol. The van der Waals surface area contributed by atoms with E-state index in [0.29, 0.717) is 16.0 Å². The molecule has 2 aromatic rings. The van der Waals surface area contributed by atoms with Gasteiger partial charge < -0.3 is 19.5 Å². The molecule has 0 saturated carbocycles. The molecule has 0 spiro atoms. The van der Waals surface area contributed by atoms with E-state index in [1.807, 2.05) is 0 Å². The predicted octanol–water partition coefficient (Wildman–Crippen LogP) is 2.79. The van der Waals surface area contributed by atoms with Crippen LogP contribution in [0.2, 0.25) is 0 Å². The van der Waals surface area contributed by atoms with Crippen molar-refractivity contribution in [2.45, 2.75) is 6.54 Å². The molecular formula is C17H13BrFNO5. The maximum Gasteiger partial charge on any atom is 0.341 e. The van der Waals surface area contributed by atoms with Crippen molar-refractivity contribution in [3.05, 3.63) is 57.8 Å². The Bertz CT molecular complexity index is 827. The molecule has 25 heavy (non-hydrogen) atoms. The Hall–Kier alpha value is -2.61. The Kier molecular flexibility index (Phi) is 5.18. The largest absolute Gasteiger partial charge is 0.454 e. The van der Waals surface area contributed by atoms with Crippen molar-refractivity contribution < 1.29 is 28.2 Å². The smallest absolute Gasteiger partial charge is 0.341 e. The fourth-order valence-corrected chi connectivity index (χ4v) is 2.50. The summed E-state index contributed by atoms with van der Waals surface area (Å²) < 4.78 is 29.4. The third-order valence-electron chi connectivity index (χ3n) is 3.41. The monoisotopic (exact) mass is 409 g/mol. The number of halogens is 2. The van der Waals surface area contributed by atoms with E-state index in [-0.39, 0.29) is 18.9 Å². The van der Waals surface area contributed by atoms with Crippen molar-refractivity contribution in [2.75, 3.05) is 13.4 Å². The molecule has 8 heteroatoms. The summed E-state index contributed by atoms with van der Waals surface area (Å²) in [5.41, 5.74) is 0.578. The lowest BCUT2D eigenvalue weighted by Crippen LogP contribution is -2.28. The first kappa shape index (κ1) is 17.2. The van der Waals surface area contributed by atoms with E-state index in [4.69, 9.17) is 14.2 Å². The van der Waals surface area contributed by atoms with Gasteiger partial charge in [-0.1, -0.05) is 22.0 Å². The highest BCUT2D eigenvalue weighted by Gasteiger charge is 2.16. The van der Waals surface area contributed by atoms with Gasteiger partial charge in [0.15, 0.2) is 18.1 Å². The van der Waals surface area contributed by atoms with E-state index in [9.17, 15) is 14.0 Å². The fourth-order valence-electron chi connectivity index (χ4n) is 2.17. The number of carbonyl (C=O) groups excluding carboxylic acids is 2. The Labute approximate surface area is 151 Å². The van der Waals surface area contributed by atoms with E-state index < -0.39 is 24.3 Å². The first-order chi connectivity index (χ1) is 12.0. The quantitative estimate of drug-likeness (QED) is 0.768. The number of carbonyl (C=O) groups is 2. The summed E-state index contributed by atoms with van der Waals surface area (Å²) in [5, 5.41) is 2.61. The van der Waals surface area contributed by atoms with Gasteiger partial charge >= 0.3 is 5.97 Å². The summed E-state index contributed by atoms with van der Waals surface area (Å²) in [5.74, 6) is -0.851. The van der Waals surface area contributed by atoms with Gasteiger partial charge in [0.2, 0.25) is 6.79 Å². The Morgan fingerprint density at radius 3 is 2.76 bits per heavy atom. The number of ether oxygens (including phenoxy) is 3. The summed E-state index contributed by atoms with van der Waals surface area (Å²) in [7, 11) is 0. The van der Waals surface area contributed by atoms with Crippen molar-refractivity contribution in [1.29, 1.82) is 0 Å². The van der Waals surface area contributed by atoms with Crippen LogP contribution in [0.1, 0.15) is 15.9 Å². The van der Waals surface area contributed by atoms with Crippen LogP contribution in [0.25, 0.3) is 0 Å². The van der Waals surface area contributed by atoms with Gasteiger partial charge in [-0.05, 0) is 35.9 Å². The minimum Gasteiger partial charge on any atom is -0.454 e. The number of hydrogen-bond acceptors (Lipinski definition) is 5. The SMILES string of the molecule is O=C(COC(=O)c1ccc(Br)cc1F)NCc1ccc2c(c1)OCO2. The molecule has 0 saturated heterocycles. The molecule has 1 amide bonds. The maximum atomic E-state index is 13.7. The first-order valence-electron chi connectivity index (χ1n) is 7.30.